The van der Waals surface area contributed by atoms with Crippen LogP contribution < -0.4 is 15.8 Å². The van der Waals surface area contributed by atoms with E-state index < -0.39 is 0 Å². The number of nitrogens with one attached hydrogen (secondary N) is 1. The summed E-state index contributed by atoms with van der Waals surface area (Å²) in [5.41, 5.74) is 0.852. The van der Waals surface area contributed by atoms with Crippen molar-refractivity contribution in [1.82, 2.24) is 24.6 Å². The van der Waals surface area contributed by atoms with E-state index in [0.29, 0.717) is 17.6 Å². The van der Waals surface area contributed by atoms with Crippen molar-refractivity contribution in [3.05, 3.63) is 16.6 Å². The van der Waals surface area contributed by atoms with Gasteiger partial charge in [-0.15, -0.1) is 0 Å². The first-order chi connectivity index (χ1) is 10.3. The second kappa shape index (κ2) is 5.54. The summed E-state index contributed by atoms with van der Waals surface area (Å²) in [6, 6.07) is 1.95. The first kappa shape index (κ1) is 13.6. The third kappa shape index (κ3) is 2.25. The van der Waals surface area contributed by atoms with Crippen molar-refractivity contribution >= 4 is 17.0 Å². The Bertz CT molecular complexity index is 748. The Morgan fingerprint density at radius 1 is 1.43 bits per heavy atom. The Kier molecular flexibility index (Phi) is 3.58. The standard InChI is InChI=1S/C13H17N7O/c1-2-19-11-10(9-16-20(6-3-14)12(11)21)17-13(19)18-7-4-15-5-8-18/h9,15H,2,4-8H2,1H3. The molecule has 0 bridgehead atoms. The van der Waals surface area contributed by atoms with Crippen LogP contribution in [0.5, 0.6) is 0 Å². The summed E-state index contributed by atoms with van der Waals surface area (Å²) in [7, 11) is 0. The highest BCUT2D eigenvalue weighted by molar-refractivity contribution is 5.77. The molecule has 0 spiro atoms. The van der Waals surface area contributed by atoms with Crippen LogP contribution in [0.1, 0.15) is 6.92 Å². The molecule has 2 aromatic heterocycles. The van der Waals surface area contributed by atoms with E-state index in [1.807, 2.05) is 17.6 Å². The summed E-state index contributed by atoms with van der Waals surface area (Å²) < 4.78 is 3.09. The van der Waals surface area contributed by atoms with Crippen molar-refractivity contribution in [3.63, 3.8) is 0 Å². The van der Waals surface area contributed by atoms with Crippen LogP contribution >= 0.6 is 0 Å². The molecule has 3 rings (SSSR count). The Hall–Kier alpha value is -2.40. The van der Waals surface area contributed by atoms with Gasteiger partial charge in [-0.25, -0.2) is 9.67 Å². The number of fused-ring (bicyclic) bond motifs is 1. The molecule has 3 heterocycles. The zero-order valence-electron chi connectivity index (χ0n) is 11.9. The van der Waals surface area contributed by atoms with Crippen LogP contribution in [0.2, 0.25) is 0 Å². The molecule has 0 amide bonds. The number of rotatable bonds is 3. The molecule has 1 saturated heterocycles. The molecular formula is C13H17N7O. The van der Waals surface area contributed by atoms with E-state index in [2.05, 4.69) is 20.3 Å². The lowest BCUT2D eigenvalue weighted by Crippen LogP contribution is -2.44. The molecule has 0 saturated carbocycles. The van der Waals surface area contributed by atoms with Crippen LogP contribution in [-0.2, 0) is 13.1 Å². The average Bonchev–Trinajstić information content (AvgIpc) is 2.90. The molecule has 2 aromatic rings. The number of aryl methyl sites for hydroxylation is 1. The summed E-state index contributed by atoms with van der Waals surface area (Å²) in [4.78, 5) is 19.2. The number of imidazole rings is 1. The molecule has 0 unspecified atom stereocenters. The van der Waals surface area contributed by atoms with Gasteiger partial charge in [0.1, 0.15) is 17.6 Å². The molecule has 0 aromatic carbocycles. The molecule has 8 nitrogen and oxygen atoms in total. The lowest BCUT2D eigenvalue weighted by Gasteiger charge is -2.28. The van der Waals surface area contributed by atoms with Gasteiger partial charge in [0.15, 0.2) is 0 Å². The Morgan fingerprint density at radius 2 is 2.19 bits per heavy atom. The van der Waals surface area contributed by atoms with E-state index in [-0.39, 0.29) is 12.1 Å². The van der Waals surface area contributed by atoms with E-state index in [1.165, 1.54) is 4.68 Å². The van der Waals surface area contributed by atoms with Crippen molar-refractivity contribution < 1.29 is 0 Å². The quantitative estimate of drug-likeness (QED) is 0.822. The summed E-state index contributed by atoms with van der Waals surface area (Å²) in [6.07, 6.45) is 1.56. The minimum Gasteiger partial charge on any atom is -0.340 e. The predicted molar refractivity (Wildman–Crippen MR) is 78.2 cm³/mol. The van der Waals surface area contributed by atoms with Crippen LogP contribution in [0.4, 0.5) is 5.95 Å². The van der Waals surface area contributed by atoms with Gasteiger partial charge in [-0.1, -0.05) is 0 Å². The van der Waals surface area contributed by atoms with Crippen LogP contribution in [0, 0.1) is 11.3 Å². The number of anilines is 1. The van der Waals surface area contributed by atoms with Gasteiger partial charge in [-0.05, 0) is 6.92 Å². The van der Waals surface area contributed by atoms with Crippen molar-refractivity contribution in [1.29, 1.82) is 5.26 Å². The summed E-state index contributed by atoms with van der Waals surface area (Å²) in [5, 5.41) is 16.1. The molecule has 0 aliphatic carbocycles. The molecule has 0 atom stereocenters. The maximum Gasteiger partial charge on any atom is 0.293 e. The first-order valence-corrected chi connectivity index (χ1v) is 7.05. The summed E-state index contributed by atoms with van der Waals surface area (Å²) in [5.74, 6) is 0.808. The number of nitrogens with zero attached hydrogens (tertiary/aromatic N) is 6. The van der Waals surface area contributed by atoms with Gasteiger partial charge in [-0.3, -0.25) is 4.79 Å². The van der Waals surface area contributed by atoms with E-state index in [0.717, 1.165) is 32.1 Å². The normalized spacial score (nSPS) is 15.3. The number of nitriles is 1. The van der Waals surface area contributed by atoms with Crippen molar-refractivity contribution in [2.45, 2.75) is 20.0 Å². The maximum absolute atomic E-state index is 12.5. The van der Waals surface area contributed by atoms with Gasteiger partial charge in [0.2, 0.25) is 5.95 Å². The number of hydrogen-bond acceptors (Lipinski definition) is 6. The van der Waals surface area contributed by atoms with Gasteiger partial charge in [-0.2, -0.15) is 10.4 Å². The lowest BCUT2D eigenvalue weighted by atomic mass is 10.4. The Balaban J connectivity index is 2.16. The second-order valence-corrected chi connectivity index (χ2v) is 4.89. The number of hydrogen-bond donors (Lipinski definition) is 1. The van der Waals surface area contributed by atoms with Gasteiger partial charge < -0.3 is 14.8 Å². The van der Waals surface area contributed by atoms with E-state index in [1.54, 1.807) is 6.20 Å². The molecule has 110 valence electrons. The Labute approximate surface area is 121 Å². The second-order valence-electron chi connectivity index (χ2n) is 4.89. The lowest BCUT2D eigenvalue weighted by molar-refractivity contribution is 0.569. The fraction of sp³-hybridized carbons (Fsp3) is 0.538. The third-order valence-electron chi connectivity index (χ3n) is 3.67. The predicted octanol–water partition coefficient (Wildman–Crippen LogP) is -0.454. The van der Waals surface area contributed by atoms with Crippen LogP contribution in [0.15, 0.2) is 11.0 Å². The zero-order chi connectivity index (χ0) is 14.8. The summed E-state index contributed by atoms with van der Waals surface area (Å²) in [6.45, 7) is 6.13. The van der Waals surface area contributed by atoms with Gasteiger partial charge in [0.25, 0.3) is 5.56 Å². The molecule has 1 aliphatic rings. The largest absolute Gasteiger partial charge is 0.340 e. The zero-order valence-corrected chi connectivity index (χ0v) is 11.9. The fourth-order valence-corrected chi connectivity index (χ4v) is 2.66. The van der Waals surface area contributed by atoms with Crippen LogP contribution in [-0.4, -0.2) is 45.5 Å². The van der Waals surface area contributed by atoms with E-state index in [9.17, 15) is 4.79 Å². The molecule has 8 heteroatoms. The van der Waals surface area contributed by atoms with Gasteiger partial charge in [0.05, 0.1) is 12.3 Å². The maximum atomic E-state index is 12.5. The van der Waals surface area contributed by atoms with E-state index in [4.69, 9.17) is 5.26 Å². The number of piperazine rings is 1. The van der Waals surface area contributed by atoms with Crippen molar-refractivity contribution in [2.75, 3.05) is 31.1 Å². The topological polar surface area (TPSA) is 91.8 Å². The van der Waals surface area contributed by atoms with Crippen LogP contribution in [0.25, 0.3) is 11.0 Å². The molecule has 1 N–H and O–H groups in total. The molecule has 0 radical (unpaired) electrons. The molecule has 1 fully saturated rings. The van der Waals surface area contributed by atoms with Crippen molar-refractivity contribution in [3.8, 4) is 6.07 Å². The van der Waals surface area contributed by atoms with Gasteiger partial charge >= 0.3 is 0 Å². The Morgan fingerprint density at radius 3 is 2.86 bits per heavy atom. The first-order valence-electron chi connectivity index (χ1n) is 7.05. The smallest absolute Gasteiger partial charge is 0.293 e. The highest BCUT2D eigenvalue weighted by atomic mass is 16.1. The highest BCUT2D eigenvalue weighted by Crippen LogP contribution is 2.20. The fourth-order valence-electron chi connectivity index (χ4n) is 2.66. The third-order valence-corrected chi connectivity index (χ3v) is 3.67. The molecular weight excluding hydrogens is 270 g/mol. The minimum atomic E-state index is -0.259. The SMILES string of the molecule is CCn1c(N2CCNCC2)nc2cnn(CC#N)c(=O)c21. The molecule has 21 heavy (non-hydrogen) atoms. The monoisotopic (exact) mass is 287 g/mol. The highest BCUT2D eigenvalue weighted by Gasteiger charge is 2.20. The van der Waals surface area contributed by atoms with E-state index >= 15 is 0 Å². The summed E-state index contributed by atoms with van der Waals surface area (Å²) >= 11 is 0. The average molecular weight is 287 g/mol. The number of aromatic nitrogens is 4. The minimum absolute atomic E-state index is 0.0490. The van der Waals surface area contributed by atoms with Crippen molar-refractivity contribution in [2.24, 2.45) is 0 Å². The molecule has 1 aliphatic heterocycles. The van der Waals surface area contributed by atoms with Crippen LogP contribution in [0.3, 0.4) is 0 Å². The van der Waals surface area contributed by atoms with Gasteiger partial charge in [0, 0.05) is 32.7 Å².